The summed E-state index contributed by atoms with van der Waals surface area (Å²) in [6.07, 6.45) is 6.71. The minimum Gasteiger partial charge on any atom is -0.481 e. The molecular weight excluding hydrogens is 272 g/mol. The van der Waals surface area contributed by atoms with Gasteiger partial charge in [-0.2, -0.15) is 0 Å². The van der Waals surface area contributed by atoms with Crippen molar-refractivity contribution >= 4 is 12.0 Å². The van der Waals surface area contributed by atoms with Crippen LogP contribution in [0.1, 0.15) is 51.9 Å². The summed E-state index contributed by atoms with van der Waals surface area (Å²) in [7, 11) is 0. The highest BCUT2D eigenvalue weighted by atomic mass is 16.5. The predicted octanol–water partition coefficient (Wildman–Crippen LogP) is 2.23. The van der Waals surface area contributed by atoms with Crippen LogP contribution in [-0.2, 0) is 9.53 Å². The highest BCUT2D eigenvalue weighted by Crippen LogP contribution is 2.09. The molecule has 0 aromatic rings. The number of carbonyl (C=O) groups excluding carboxylic acids is 1. The Morgan fingerprint density at radius 2 is 1.95 bits per heavy atom. The molecule has 122 valence electrons. The molecule has 1 aliphatic heterocycles. The van der Waals surface area contributed by atoms with Crippen LogP contribution in [0.15, 0.2) is 0 Å². The Hall–Kier alpha value is -1.30. The molecule has 2 N–H and O–H groups in total. The van der Waals surface area contributed by atoms with E-state index in [0.717, 1.165) is 12.8 Å². The van der Waals surface area contributed by atoms with Gasteiger partial charge in [-0.05, 0) is 6.42 Å². The number of amides is 2. The number of nitrogens with one attached hydrogen (secondary N) is 1. The van der Waals surface area contributed by atoms with Crippen LogP contribution in [0.3, 0.4) is 0 Å². The van der Waals surface area contributed by atoms with Crippen LogP contribution >= 0.6 is 0 Å². The van der Waals surface area contributed by atoms with Gasteiger partial charge in [-0.25, -0.2) is 4.79 Å². The molecule has 0 aromatic heterocycles. The zero-order chi connectivity index (χ0) is 15.5. The van der Waals surface area contributed by atoms with Crippen molar-refractivity contribution in [2.24, 2.45) is 0 Å². The lowest BCUT2D eigenvalue weighted by Crippen LogP contribution is -2.50. The fraction of sp³-hybridized carbons (Fsp3) is 0.867. The summed E-state index contributed by atoms with van der Waals surface area (Å²) < 4.78 is 5.35. The van der Waals surface area contributed by atoms with E-state index in [1.807, 2.05) is 0 Å². The van der Waals surface area contributed by atoms with Gasteiger partial charge < -0.3 is 20.1 Å². The summed E-state index contributed by atoms with van der Waals surface area (Å²) in [5.74, 6) is -0.894. The average molecular weight is 300 g/mol. The van der Waals surface area contributed by atoms with Crippen molar-refractivity contribution in [2.75, 3.05) is 26.2 Å². The second-order valence-corrected chi connectivity index (χ2v) is 5.54. The van der Waals surface area contributed by atoms with Crippen molar-refractivity contribution in [1.29, 1.82) is 0 Å². The molecule has 0 saturated carbocycles. The quantitative estimate of drug-likeness (QED) is 0.640. The number of carbonyl (C=O) groups is 2. The smallest absolute Gasteiger partial charge is 0.317 e. The lowest BCUT2D eigenvalue weighted by atomic mass is 10.1. The number of hydrogen-bond acceptors (Lipinski definition) is 3. The number of hydrogen-bond donors (Lipinski definition) is 2. The van der Waals surface area contributed by atoms with Crippen LogP contribution in [0.25, 0.3) is 0 Å². The second-order valence-electron chi connectivity index (χ2n) is 5.54. The van der Waals surface area contributed by atoms with E-state index in [2.05, 4.69) is 12.2 Å². The standard InChI is InChI=1S/C15H28N2O4/c1-2-3-4-5-6-7-8-16-15(20)17-9-10-21-13(12-17)11-14(18)19/h13H,2-12H2,1H3,(H,16,20)(H,18,19). The Morgan fingerprint density at radius 3 is 2.67 bits per heavy atom. The highest BCUT2D eigenvalue weighted by molar-refractivity contribution is 5.74. The molecule has 1 heterocycles. The average Bonchev–Trinajstić information content (AvgIpc) is 2.45. The maximum Gasteiger partial charge on any atom is 0.317 e. The van der Waals surface area contributed by atoms with Gasteiger partial charge in [0.1, 0.15) is 0 Å². The number of unbranched alkanes of at least 4 members (excludes halogenated alkanes) is 5. The van der Waals surface area contributed by atoms with Crippen LogP contribution in [0.4, 0.5) is 4.79 Å². The van der Waals surface area contributed by atoms with Gasteiger partial charge in [0, 0.05) is 19.6 Å². The fourth-order valence-corrected chi connectivity index (χ4v) is 2.43. The molecule has 1 rings (SSSR count). The summed E-state index contributed by atoms with van der Waals surface area (Å²) in [6, 6.07) is -0.109. The number of carboxylic acid groups (broad SMARTS) is 1. The first-order chi connectivity index (χ1) is 10.1. The Labute approximate surface area is 126 Å². The van der Waals surface area contributed by atoms with Crippen LogP contribution in [0.5, 0.6) is 0 Å². The number of nitrogens with zero attached hydrogens (tertiary/aromatic N) is 1. The van der Waals surface area contributed by atoms with Gasteiger partial charge in [0.05, 0.1) is 19.1 Å². The molecule has 1 fully saturated rings. The van der Waals surface area contributed by atoms with E-state index in [1.54, 1.807) is 4.90 Å². The summed E-state index contributed by atoms with van der Waals surface area (Å²) in [5, 5.41) is 11.7. The lowest BCUT2D eigenvalue weighted by molar-refractivity contribution is -0.141. The van der Waals surface area contributed by atoms with E-state index < -0.39 is 12.1 Å². The Bertz CT molecular complexity index is 323. The Kier molecular flexibility index (Phi) is 8.82. The van der Waals surface area contributed by atoms with Crippen LogP contribution < -0.4 is 5.32 Å². The van der Waals surface area contributed by atoms with E-state index in [9.17, 15) is 9.59 Å². The van der Waals surface area contributed by atoms with Crippen molar-refractivity contribution in [3.05, 3.63) is 0 Å². The van der Waals surface area contributed by atoms with Gasteiger partial charge in [0.25, 0.3) is 0 Å². The third-order valence-corrected chi connectivity index (χ3v) is 3.63. The Morgan fingerprint density at radius 1 is 1.24 bits per heavy atom. The van der Waals surface area contributed by atoms with Crippen molar-refractivity contribution in [3.8, 4) is 0 Å². The second kappa shape index (κ2) is 10.4. The molecule has 2 amide bonds. The number of rotatable bonds is 9. The predicted molar refractivity (Wildman–Crippen MR) is 80.3 cm³/mol. The zero-order valence-corrected chi connectivity index (χ0v) is 13.0. The number of morpholine rings is 1. The van der Waals surface area contributed by atoms with E-state index in [0.29, 0.717) is 26.2 Å². The maximum atomic E-state index is 12.0. The molecule has 6 nitrogen and oxygen atoms in total. The van der Waals surface area contributed by atoms with Crippen molar-refractivity contribution in [1.82, 2.24) is 10.2 Å². The molecule has 21 heavy (non-hydrogen) atoms. The summed E-state index contributed by atoms with van der Waals surface area (Å²) in [5.41, 5.74) is 0. The van der Waals surface area contributed by atoms with Crippen LogP contribution in [0.2, 0.25) is 0 Å². The zero-order valence-electron chi connectivity index (χ0n) is 13.0. The molecule has 1 saturated heterocycles. The molecule has 1 atom stereocenters. The number of ether oxygens (including phenoxy) is 1. The van der Waals surface area contributed by atoms with E-state index >= 15 is 0 Å². The summed E-state index contributed by atoms with van der Waals surface area (Å²) in [6.45, 7) is 4.17. The van der Waals surface area contributed by atoms with Crippen molar-refractivity contribution < 1.29 is 19.4 Å². The first-order valence-corrected chi connectivity index (χ1v) is 7.99. The molecule has 0 spiro atoms. The molecule has 0 aromatic carbocycles. The fourth-order valence-electron chi connectivity index (χ4n) is 2.43. The molecule has 0 radical (unpaired) electrons. The van der Waals surface area contributed by atoms with Crippen LogP contribution in [-0.4, -0.2) is 54.4 Å². The highest BCUT2D eigenvalue weighted by Gasteiger charge is 2.25. The largest absolute Gasteiger partial charge is 0.481 e. The van der Waals surface area contributed by atoms with E-state index in [-0.39, 0.29) is 12.5 Å². The third-order valence-electron chi connectivity index (χ3n) is 3.63. The van der Waals surface area contributed by atoms with Gasteiger partial charge in [-0.15, -0.1) is 0 Å². The maximum absolute atomic E-state index is 12.0. The SMILES string of the molecule is CCCCCCCCNC(=O)N1CCOC(CC(=O)O)C1. The molecule has 1 aliphatic rings. The molecule has 0 bridgehead atoms. The molecule has 1 unspecified atom stereocenters. The number of carboxylic acids is 1. The first kappa shape index (κ1) is 17.8. The summed E-state index contributed by atoms with van der Waals surface area (Å²) in [4.78, 5) is 24.3. The Balaban J connectivity index is 2.12. The summed E-state index contributed by atoms with van der Waals surface area (Å²) >= 11 is 0. The first-order valence-electron chi connectivity index (χ1n) is 7.99. The number of urea groups is 1. The number of aliphatic carboxylic acids is 1. The van der Waals surface area contributed by atoms with Gasteiger partial charge in [0.2, 0.25) is 0 Å². The third kappa shape index (κ3) is 7.90. The van der Waals surface area contributed by atoms with Crippen LogP contribution in [0, 0.1) is 0 Å². The minimum atomic E-state index is -0.894. The van der Waals surface area contributed by atoms with Crippen molar-refractivity contribution in [2.45, 2.75) is 58.0 Å². The molecular formula is C15H28N2O4. The van der Waals surface area contributed by atoms with Gasteiger partial charge in [-0.3, -0.25) is 4.79 Å². The molecule has 6 heteroatoms. The van der Waals surface area contributed by atoms with E-state index in [1.165, 1.54) is 25.7 Å². The topological polar surface area (TPSA) is 78.9 Å². The van der Waals surface area contributed by atoms with E-state index in [4.69, 9.17) is 9.84 Å². The molecule has 0 aliphatic carbocycles. The van der Waals surface area contributed by atoms with Gasteiger partial charge in [0.15, 0.2) is 0 Å². The van der Waals surface area contributed by atoms with Crippen molar-refractivity contribution in [3.63, 3.8) is 0 Å². The normalized spacial score (nSPS) is 18.5. The lowest BCUT2D eigenvalue weighted by Gasteiger charge is -2.32. The van der Waals surface area contributed by atoms with Gasteiger partial charge >= 0.3 is 12.0 Å². The van der Waals surface area contributed by atoms with Gasteiger partial charge in [-0.1, -0.05) is 39.0 Å². The monoisotopic (exact) mass is 300 g/mol. The minimum absolute atomic E-state index is 0.0544.